The molecule has 5 rings (SSSR count). The van der Waals surface area contributed by atoms with E-state index in [0.717, 1.165) is 13.1 Å². The molecule has 3 heterocycles. The zero-order chi connectivity index (χ0) is 25.2. The molecule has 3 N–H and O–H groups in total. The second-order valence-corrected chi connectivity index (χ2v) is 9.16. The summed E-state index contributed by atoms with van der Waals surface area (Å²) in [4.78, 5) is 19.3. The minimum Gasteiger partial charge on any atom is -0.492 e. The van der Waals surface area contributed by atoms with Gasteiger partial charge in [-0.3, -0.25) is 4.79 Å². The number of pyridine rings is 1. The third-order valence-corrected chi connectivity index (χ3v) is 6.82. The highest BCUT2D eigenvalue weighted by Crippen LogP contribution is 2.37. The minimum absolute atomic E-state index is 0.0334. The molecule has 1 aliphatic heterocycles. The Morgan fingerprint density at radius 1 is 1.17 bits per heavy atom. The molecule has 0 aliphatic carbocycles. The number of aromatic nitrogens is 3. The van der Waals surface area contributed by atoms with Crippen LogP contribution in [0.25, 0.3) is 10.8 Å². The molecule has 0 radical (unpaired) electrons. The minimum atomic E-state index is -0.483. The normalized spacial score (nSPS) is 13.7. The van der Waals surface area contributed by atoms with E-state index in [4.69, 9.17) is 27.9 Å². The van der Waals surface area contributed by atoms with Crippen molar-refractivity contribution in [1.82, 2.24) is 20.5 Å². The van der Waals surface area contributed by atoms with Crippen LogP contribution in [0.2, 0.25) is 10.0 Å². The molecule has 186 valence electrons. The number of benzene rings is 2. The maximum atomic E-state index is 15.5. The van der Waals surface area contributed by atoms with Crippen LogP contribution in [-0.2, 0) is 6.42 Å². The van der Waals surface area contributed by atoms with Gasteiger partial charge in [0.15, 0.2) is 11.6 Å². The summed E-state index contributed by atoms with van der Waals surface area (Å²) in [5, 5.41) is 14.6. The summed E-state index contributed by atoms with van der Waals surface area (Å²) in [5.74, 6) is -0.212. The van der Waals surface area contributed by atoms with Gasteiger partial charge in [-0.05, 0) is 35.9 Å². The average molecular weight is 529 g/mol. The quantitative estimate of drug-likeness (QED) is 0.338. The Balaban J connectivity index is 1.58. The zero-order valence-corrected chi connectivity index (χ0v) is 20.9. The summed E-state index contributed by atoms with van der Waals surface area (Å²) in [6.45, 7) is 2.93. The number of H-pyrrole nitrogens is 1. The van der Waals surface area contributed by atoms with Crippen LogP contribution in [-0.4, -0.2) is 48.5 Å². The van der Waals surface area contributed by atoms with Gasteiger partial charge in [-0.15, -0.1) is 0 Å². The predicted octanol–water partition coefficient (Wildman–Crippen LogP) is 4.52. The molecule has 2 aromatic heterocycles. The van der Waals surface area contributed by atoms with E-state index in [1.807, 2.05) is 4.90 Å². The first-order chi connectivity index (χ1) is 17.5. The Bertz CT molecular complexity index is 1470. The lowest BCUT2D eigenvalue weighted by Crippen LogP contribution is -2.43. The number of hydrogen-bond acceptors (Lipinski definition) is 7. The first-order valence-electron chi connectivity index (χ1n) is 11.4. The molecular weight excluding hydrogens is 506 g/mol. The van der Waals surface area contributed by atoms with Crippen molar-refractivity contribution in [2.24, 2.45) is 0 Å². The Hall–Kier alpha value is -3.40. The van der Waals surface area contributed by atoms with E-state index in [1.165, 1.54) is 13.3 Å². The van der Waals surface area contributed by atoms with E-state index in [9.17, 15) is 4.79 Å². The number of fused-ring (bicyclic) bond motifs is 1. The number of hydrogen-bond donors (Lipinski definition) is 3. The van der Waals surface area contributed by atoms with Crippen molar-refractivity contribution in [1.29, 1.82) is 0 Å². The predicted molar refractivity (Wildman–Crippen MR) is 141 cm³/mol. The average Bonchev–Trinajstić information content (AvgIpc) is 2.87. The number of nitrogens with zero attached hydrogens (tertiary/aromatic N) is 3. The van der Waals surface area contributed by atoms with E-state index in [0.29, 0.717) is 57.6 Å². The molecule has 1 saturated heterocycles. The number of piperazine rings is 1. The van der Waals surface area contributed by atoms with Gasteiger partial charge in [0, 0.05) is 53.7 Å². The molecule has 36 heavy (non-hydrogen) atoms. The Morgan fingerprint density at radius 2 is 1.92 bits per heavy atom. The number of nitrogens with one attached hydrogen (secondary N) is 3. The van der Waals surface area contributed by atoms with Gasteiger partial charge in [0.2, 0.25) is 0 Å². The highest BCUT2D eigenvalue weighted by Gasteiger charge is 2.22. The molecule has 4 aromatic rings. The number of halogens is 3. The first-order valence-corrected chi connectivity index (χ1v) is 12.1. The van der Waals surface area contributed by atoms with Gasteiger partial charge in [-0.25, -0.2) is 14.5 Å². The van der Waals surface area contributed by atoms with E-state index < -0.39 is 11.4 Å². The van der Waals surface area contributed by atoms with Crippen molar-refractivity contribution in [2.45, 2.75) is 6.42 Å². The van der Waals surface area contributed by atoms with E-state index >= 15 is 4.39 Å². The fraction of sp³-hybridized carbons (Fsp3) is 0.240. The number of methoxy groups -OCH3 is 1. The molecule has 0 bridgehead atoms. The molecular formula is C25H23Cl2FN6O2. The third kappa shape index (κ3) is 4.69. The smallest absolute Gasteiger partial charge is 0.275 e. The molecule has 1 aliphatic rings. The lowest BCUT2D eigenvalue weighted by Gasteiger charge is -2.30. The van der Waals surface area contributed by atoms with Crippen LogP contribution in [0, 0.1) is 5.82 Å². The molecule has 0 atom stereocenters. The topological polar surface area (TPSA) is 95.2 Å². The SMILES string of the molecule is COc1c(Nc2nc(Cc3c(Cl)cccc3Cl)cc3cn[nH]c(=O)c23)ccc(N2CCNCC2)c1F. The molecule has 0 amide bonds. The zero-order valence-electron chi connectivity index (χ0n) is 19.4. The van der Waals surface area contributed by atoms with Crippen LogP contribution < -0.4 is 25.8 Å². The van der Waals surface area contributed by atoms with Crippen molar-refractivity contribution in [3.8, 4) is 5.75 Å². The molecule has 8 nitrogen and oxygen atoms in total. The highest BCUT2D eigenvalue weighted by atomic mass is 35.5. The van der Waals surface area contributed by atoms with E-state index in [2.05, 4.69) is 25.8 Å². The summed E-state index contributed by atoms with van der Waals surface area (Å²) in [7, 11) is 1.41. The van der Waals surface area contributed by atoms with Crippen LogP contribution >= 0.6 is 23.2 Å². The fourth-order valence-electron chi connectivity index (χ4n) is 4.36. The Morgan fingerprint density at radius 3 is 2.64 bits per heavy atom. The van der Waals surface area contributed by atoms with Gasteiger partial charge in [-0.2, -0.15) is 5.10 Å². The first kappa shape index (κ1) is 24.3. The third-order valence-electron chi connectivity index (χ3n) is 6.11. The van der Waals surface area contributed by atoms with Crippen LogP contribution in [0.3, 0.4) is 0 Å². The number of anilines is 3. The summed E-state index contributed by atoms with van der Waals surface area (Å²) >= 11 is 12.7. The van der Waals surface area contributed by atoms with Gasteiger partial charge < -0.3 is 20.3 Å². The van der Waals surface area contributed by atoms with Crippen molar-refractivity contribution < 1.29 is 9.13 Å². The van der Waals surface area contributed by atoms with Crippen LogP contribution in [0.15, 0.2) is 47.4 Å². The van der Waals surface area contributed by atoms with E-state index in [1.54, 1.807) is 36.4 Å². The molecule has 0 spiro atoms. The van der Waals surface area contributed by atoms with Gasteiger partial charge >= 0.3 is 0 Å². The molecule has 0 unspecified atom stereocenters. The standard InChI is InChI=1S/C25H23Cl2FN6O2/c1-36-23-19(5-6-20(22(23)28)34-9-7-29-8-10-34)32-24-21-14(13-30-33-25(21)35)11-15(31-24)12-16-17(26)3-2-4-18(16)27/h2-6,11,13,29H,7-10,12H2,1H3,(H,31,32)(H,33,35). The Kier molecular flexibility index (Phi) is 6.95. The number of ether oxygens (including phenoxy) is 1. The molecule has 1 fully saturated rings. The van der Waals surface area contributed by atoms with Crippen molar-refractivity contribution in [2.75, 3.05) is 43.5 Å². The molecule has 11 heteroatoms. The number of aromatic amines is 1. The lowest BCUT2D eigenvalue weighted by molar-refractivity contribution is 0.388. The van der Waals surface area contributed by atoms with Crippen LogP contribution in [0.5, 0.6) is 5.75 Å². The second-order valence-electron chi connectivity index (χ2n) is 8.34. The maximum Gasteiger partial charge on any atom is 0.275 e. The molecule has 2 aromatic carbocycles. The Labute approximate surface area is 216 Å². The lowest BCUT2D eigenvalue weighted by atomic mass is 10.1. The van der Waals surface area contributed by atoms with Crippen LogP contribution in [0.4, 0.5) is 21.6 Å². The summed E-state index contributed by atoms with van der Waals surface area (Å²) in [5.41, 5.74) is 1.68. The van der Waals surface area contributed by atoms with E-state index in [-0.39, 0.29) is 17.0 Å². The largest absolute Gasteiger partial charge is 0.492 e. The summed E-state index contributed by atoms with van der Waals surface area (Å²) in [6, 6.07) is 10.5. The van der Waals surface area contributed by atoms with Crippen molar-refractivity contribution in [3.05, 3.63) is 80.1 Å². The van der Waals surface area contributed by atoms with Gasteiger partial charge in [0.1, 0.15) is 5.82 Å². The van der Waals surface area contributed by atoms with Crippen molar-refractivity contribution >= 4 is 51.2 Å². The van der Waals surface area contributed by atoms with Crippen molar-refractivity contribution in [3.63, 3.8) is 0 Å². The highest BCUT2D eigenvalue weighted by molar-refractivity contribution is 6.36. The fourth-order valence-corrected chi connectivity index (χ4v) is 4.89. The summed E-state index contributed by atoms with van der Waals surface area (Å²) in [6.07, 6.45) is 1.86. The molecule has 0 saturated carbocycles. The number of rotatable bonds is 6. The van der Waals surface area contributed by atoms with Gasteiger partial charge in [0.05, 0.1) is 30.1 Å². The van der Waals surface area contributed by atoms with Crippen LogP contribution in [0.1, 0.15) is 11.3 Å². The maximum absolute atomic E-state index is 15.5. The monoisotopic (exact) mass is 528 g/mol. The second kappa shape index (κ2) is 10.3. The van der Waals surface area contributed by atoms with Gasteiger partial charge in [0.25, 0.3) is 5.56 Å². The summed E-state index contributed by atoms with van der Waals surface area (Å²) < 4.78 is 21.0. The van der Waals surface area contributed by atoms with Gasteiger partial charge in [-0.1, -0.05) is 29.3 Å².